The summed E-state index contributed by atoms with van der Waals surface area (Å²) in [6, 6.07) is 0. The molecular formula is C7H9Os. The molecular weight excluding hydrogens is 274 g/mol. The summed E-state index contributed by atoms with van der Waals surface area (Å²) in [5.41, 5.74) is 1.54. The summed E-state index contributed by atoms with van der Waals surface area (Å²) in [5, 5.41) is 0. The fraction of sp³-hybridized carbons (Fsp3) is 0.429. The average Bonchev–Trinajstić information content (AvgIpc) is 2.14. The Morgan fingerprint density at radius 2 is 2.50 bits per heavy atom. The molecule has 0 saturated carbocycles. The van der Waals surface area contributed by atoms with Crippen LogP contribution in [-0.4, -0.2) is 0 Å². The molecule has 1 aliphatic carbocycles. The normalized spacial score (nSPS) is 18.2. The van der Waals surface area contributed by atoms with Crippen LogP contribution in [0.25, 0.3) is 0 Å². The molecule has 1 rings (SSSR count). The van der Waals surface area contributed by atoms with Gasteiger partial charge in [-0.25, -0.2) is 0 Å². The van der Waals surface area contributed by atoms with Crippen molar-refractivity contribution >= 4 is 0 Å². The van der Waals surface area contributed by atoms with Crippen LogP contribution >= 0.6 is 0 Å². The molecule has 0 aromatic heterocycles. The fourth-order valence-electron chi connectivity index (χ4n) is 0.827. The van der Waals surface area contributed by atoms with Gasteiger partial charge in [-0.05, 0) is 0 Å². The Labute approximate surface area is 60.6 Å². The Kier molecular flexibility index (Phi) is 2.03. The molecule has 1 aliphatic rings. The summed E-state index contributed by atoms with van der Waals surface area (Å²) in [6.07, 6.45) is 6.88. The Bertz CT molecular complexity index is 142. The second-order valence-electron chi connectivity index (χ2n) is 1.88. The molecule has 0 aliphatic heterocycles. The Hall–Kier alpha value is 0.116. The van der Waals surface area contributed by atoms with Crippen molar-refractivity contribution in [2.45, 2.75) is 19.8 Å². The van der Waals surface area contributed by atoms with E-state index < -0.39 is 0 Å². The molecule has 0 spiro atoms. The molecule has 0 amide bonds. The molecule has 8 heavy (non-hydrogen) atoms. The minimum absolute atomic E-state index is 1.20. The molecule has 0 unspecified atom stereocenters. The number of hydrogen-bond acceptors (Lipinski definition) is 0. The molecule has 1 heteroatoms. The Balaban J connectivity index is 2.70. The predicted octanol–water partition coefficient (Wildman–Crippen LogP) is 2.16. The van der Waals surface area contributed by atoms with Crippen LogP contribution < -0.4 is 0 Å². The van der Waals surface area contributed by atoms with Gasteiger partial charge in [0.15, 0.2) is 0 Å². The number of hydrogen-bond donors (Lipinski definition) is 0. The maximum atomic E-state index is 2.24. The zero-order valence-electron chi connectivity index (χ0n) is 4.92. The number of rotatable bonds is 1. The van der Waals surface area contributed by atoms with Crippen LogP contribution in [0.4, 0.5) is 0 Å². The quantitative estimate of drug-likeness (QED) is 0.692. The molecule has 0 heterocycles. The summed E-state index contributed by atoms with van der Waals surface area (Å²) in [7, 11) is 0. The van der Waals surface area contributed by atoms with Crippen molar-refractivity contribution in [1.29, 1.82) is 0 Å². The van der Waals surface area contributed by atoms with Crippen molar-refractivity contribution in [3.63, 3.8) is 0 Å². The van der Waals surface area contributed by atoms with Gasteiger partial charge in [0.05, 0.1) is 0 Å². The van der Waals surface area contributed by atoms with Crippen LogP contribution in [0.15, 0.2) is 21.9 Å². The molecule has 0 nitrogen and oxygen atoms in total. The van der Waals surface area contributed by atoms with E-state index in [1.54, 1.807) is 9.70 Å². The van der Waals surface area contributed by atoms with Gasteiger partial charge in [-0.2, -0.15) is 0 Å². The van der Waals surface area contributed by atoms with Crippen molar-refractivity contribution in [2.75, 3.05) is 0 Å². The van der Waals surface area contributed by atoms with Gasteiger partial charge in [-0.15, -0.1) is 0 Å². The molecule has 0 saturated heterocycles. The SMILES string of the molecule is CCC1=[C]([Os])CC=C1. The molecule has 45 valence electrons. The maximum absolute atomic E-state index is 2.24. The summed E-state index contributed by atoms with van der Waals surface area (Å²) in [4.78, 5) is 0. The Morgan fingerprint density at radius 1 is 1.75 bits per heavy atom. The topological polar surface area (TPSA) is 0 Å². The zero-order chi connectivity index (χ0) is 5.98. The van der Waals surface area contributed by atoms with E-state index in [2.05, 4.69) is 19.1 Å². The summed E-state index contributed by atoms with van der Waals surface area (Å²) in [6.45, 7) is 2.21. The van der Waals surface area contributed by atoms with Crippen LogP contribution in [0.2, 0.25) is 0 Å². The van der Waals surface area contributed by atoms with Crippen LogP contribution in [0.5, 0.6) is 0 Å². The molecule has 0 atom stereocenters. The molecule has 0 aromatic rings. The third-order valence-electron chi connectivity index (χ3n) is 1.33. The van der Waals surface area contributed by atoms with Crippen LogP contribution in [-0.2, 0) is 18.6 Å². The van der Waals surface area contributed by atoms with E-state index in [1.165, 1.54) is 12.8 Å². The van der Waals surface area contributed by atoms with E-state index in [0.717, 1.165) is 0 Å². The summed E-state index contributed by atoms with van der Waals surface area (Å²) in [5.74, 6) is 0. The van der Waals surface area contributed by atoms with Crippen molar-refractivity contribution in [3.05, 3.63) is 21.9 Å². The van der Waals surface area contributed by atoms with Gasteiger partial charge in [-0.3, -0.25) is 0 Å². The average molecular weight is 283 g/mol. The third-order valence-corrected chi connectivity index (χ3v) is 2.67. The monoisotopic (exact) mass is 285 g/mol. The predicted molar refractivity (Wildman–Crippen MR) is 31.1 cm³/mol. The zero-order valence-corrected chi connectivity index (χ0v) is 7.46. The van der Waals surface area contributed by atoms with Crippen molar-refractivity contribution in [2.24, 2.45) is 0 Å². The second kappa shape index (κ2) is 2.60. The van der Waals surface area contributed by atoms with E-state index in [9.17, 15) is 0 Å². The molecule has 0 aromatic carbocycles. The molecule has 0 fully saturated rings. The van der Waals surface area contributed by atoms with E-state index in [1.807, 2.05) is 18.6 Å². The molecule has 0 N–H and O–H groups in total. The summed E-state index contributed by atoms with van der Waals surface area (Å²) >= 11 is 2.02. The molecule has 0 bridgehead atoms. The van der Waals surface area contributed by atoms with Crippen LogP contribution in [0.3, 0.4) is 0 Å². The van der Waals surface area contributed by atoms with Gasteiger partial charge in [0.1, 0.15) is 0 Å². The van der Waals surface area contributed by atoms with Crippen LogP contribution in [0.1, 0.15) is 19.8 Å². The number of allylic oxidation sites excluding steroid dienone is 4. The minimum atomic E-state index is 1.20. The molecule has 0 radical (unpaired) electrons. The first-order chi connectivity index (χ1) is 3.84. The third kappa shape index (κ3) is 1.09. The van der Waals surface area contributed by atoms with Gasteiger partial charge in [0, 0.05) is 0 Å². The summed E-state index contributed by atoms with van der Waals surface area (Å²) < 4.78 is 1.58. The van der Waals surface area contributed by atoms with Gasteiger partial charge in [0.25, 0.3) is 0 Å². The van der Waals surface area contributed by atoms with Gasteiger partial charge >= 0.3 is 60.2 Å². The van der Waals surface area contributed by atoms with Crippen LogP contribution in [0, 0.1) is 0 Å². The van der Waals surface area contributed by atoms with Gasteiger partial charge < -0.3 is 0 Å². The van der Waals surface area contributed by atoms with Crippen molar-refractivity contribution in [1.82, 2.24) is 0 Å². The van der Waals surface area contributed by atoms with E-state index in [4.69, 9.17) is 0 Å². The van der Waals surface area contributed by atoms with E-state index in [0.29, 0.717) is 0 Å². The second-order valence-corrected chi connectivity index (χ2v) is 3.41. The van der Waals surface area contributed by atoms with Gasteiger partial charge in [0.2, 0.25) is 0 Å². The Morgan fingerprint density at radius 3 is 2.75 bits per heavy atom. The van der Waals surface area contributed by atoms with Crippen molar-refractivity contribution in [3.8, 4) is 0 Å². The first-order valence-corrected chi connectivity index (χ1v) is 4.14. The van der Waals surface area contributed by atoms with E-state index in [-0.39, 0.29) is 0 Å². The fourth-order valence-corrected chi connectivity index (χ4v) is 1.79. The van der Waals surface area contributed by atoms with E-state index >= 15 is 0 Å². The van der Waals surface area contributed by atoms with Crippen molar-refractivity contribution < 1.29 is 18.6 Å². The first-order valence-electron chi connectivity index (χ1n) is 2.87. The standard InChI is InChI=1S/C7H9.Os/c1-2-7-5-3-4-6-7;/h3,5H,2,4H2,1H3;. The first kappa shape index (κ1) is 6.24. The van der Waals surface area contributed by atoms with Gasteiger partial charge in [-0.1, -0.05) is 0 Å².